The summed E-state index contributed by atoms with van der Waals surface area (Å²) in [5, 5.41) is 8.07. The van der Waals surface area contributed by atoms with Gasteiger partial charge in [-0.15, -0.1) is 0 Å². The lowest BCUT2D eigenvalue weighted by atomic mass is 10.0. The van der Waals surface area contributed by atoms with Crippen molar-refractivity contribution in [3.63, 3.8) is 0 Å². The van der Waals surface area contributed by atoms with Crippen molar-refractivity contribution in [3.8, 4) is 11.1 Å². The Hall–Kier alpha value is -2.63. The lowest BCUT2D eigenvalue weighted by molar-refractivity contribution is 0.151. The predicted octanol–water partition coefficient (Wildman–Crippen LogP) is 3.63. The van der Waals surface area contributed by atoms with Crippen LogP contribution >= 0.6 is 0 Å². The molecule has 0 bridgehead atoms. The molecule has 0 atom stereocenters. The van der Waals surface area contributed by atoms with Gasteiger partial charge < -0.3 is 4.57 Å². The fourth-order valence-electron chi connectivity index (χ4n) is 2.25. The van der Waals surface area contributed by atoms with E-state index in [1.807, 2.05) is 23.8 Å². The van der Waals surface area contributed by atoms with Crippen molar-refractivity contribution in [2.24, 2.45) is 0 Å². The Labute approximate surface area is 126 Å². The zero-order valence-electron chi connectivity index (χ0n) is 11.9. The highest BCUT2D eigenvalue weighted by atomic mass is 19.3. The minimum Gasteiger partial charge on any atom is -0.329 e. The van der Waals surface area contributed by atoms with Gasteiger partial charge in [0.2, 0.25) is 0 Å². The fourth-order valence-corrected chi connectivity index (χ4v) is 2.25. The van der Waals surface area contributed by atoms with E-state index in [0.717, 1.165) is 17.1 Å². The Morgan fingerprint density at radius 1 is 1.18 bits per heavy atom. The van der Waals surface area contributed by atoms with Crippen molar-refractivity contribution in [1.29, 1.82) is 0 Å². The van der Waals surface area contributed by atoms with Crippen LogP contribution in [0.3, 0.4) is 0 Å². The number of aromatic nitrogens is 4. The summed E-state index contributed by atoms with van der Waals surface area (Å²) < 4.78 is 27.5. The van der Waals surface area contributed by atoms with Crippen LogP contribution < -0.4 is 0 Å². The maximum atomic E-state index is 12.8. The Morgan fingerprint density at radius 3 is 2.77 bits per heavy atom. The minimum absolute atomic E-state index is 0.00122. The van der Waals surface area contributed by atoms with E-state index in [-0.39, 0.29) is 5.56 Å². The standard InChI is InChI=1S/C16H14F2N4/c1-11-19-5-6-22(11)10-15-8-14(9-20-21-15)12-3-2-4-13(7-12)16(17)18/h2-9,16H,10H2,1H3. The van der Waals surface area contributed by atoms with E-state index in [4.69, 9.17) is 0 Å². The maximum Gasteiger partial charge on any atom is 0.263 e. The summed E-state index contributed by atoms with van der Waals surface area (Å²) in [4.78, 5) is 4.16. The second-order valence-corrected chi connectivity index (χ2v) is 4.96. The third kappa shape index (κ3) is 3.00. The normalized spacial score (nSPS) is 11.1. The molecule has 112 valence electrons. The van der Waals surface area contributed by atoms with Crippen LogP contribution in [-0.2, 0) is 6.54 Å². The van der Waals surface area contributed by atoms with E-state index in [2.05, 4.69) is 15.2 Å². The van der Waals surface area contributed by atoms with Gasteiger partial charge in [-0.1, -0.05) is 18.2 Å². The van der Waals surface area contributed by atoms with Crippen LogP contribution in [0.15, 0.2) is 48.9 Å². The van der Waals surface area contributed by atoms with Crippen molar-refractivity contribution < 1.29 is 8.78 Å². The van der Waals surface area contributed by atoms with Crippen LogP contribution in [0.1, 0.15) is 23.5 Å². The van der Waals surface area contributed by atoms with Crippen molar-refractivity contribution >= 4 is 0 Å². The number of aryl methyl sites for hydroxylation is 1. The number of rotatable bonds is 4. The van der Waals surface area contributed by atoms with Gasteiger partial charge >= 0.3 is 0 Å². The summed E-state index contributed by atoms with van der Waals surface area (Å²) in [6.07, 6.45) is 2.68. The summed E-state index contributed by atoms with van der Waals surface area (Å²) in [7, 11) is 0. The van der Waals surface area contributed by atoms with Crippen LogP contribution in [0.25, 0.3) is 11.1 Å². The van der Waals surface area contributed by atoms with E-state index < -0.39 is 6.43 Å². The third-order valence-corrected chi connectivity index (χ3v) is 3.43. The highest BCUT2D eigenvalue weighted by Crippen LogP contribution is 2.25. The number of benzene rings is 1. The Morgan fingerprint density at radius 2 is 2.05 bits per heavy atom. The first kappa shape index (κ1) is 14.3. The molecule has 0 aliphatic rings. The van der Waals surface area contributed by atoms with Crippen molar-refractivity contribution in [2.45, 2.75) is 19.9 Å². The zero-order valence-corrected chi connectivity index (χ0v) is 11.9. The zero-order chi connectivity index (χ0) is 15.5. The molecule has 22 heavy (non-hydrogen) atoms. The van der Waals surface area contributed by atoms with Crippen molar-refractivity contribution in [2.75, 3.05) is 0 Å². The molecule has 0 fully saturated rings. The van der Waals surface area contributed by atoms with Gasteiger partial charge in [-0.2, -0.15) is 10.2 Å². The summed E-state index contributed by atoms with van der Waals surface area (Å²) in [6, 6.07) is 8.16. The third-order valence-electron chi connectivity index (χ3n) is 3.43. The second kappa shape index (κ2) is 6.01. The lowest BCUT2D eigenvalue weighted by Crippen LogP contribution is -2.04. The summed E-state index contributed by atoms with van der Waals surface area (Å²) in [5.74, 6) is 0.881. The smallest absolute Gasteiger partial charge is 0.263 e. The number of alkyl halides is 2. The first-order valence-corrected chi connectivity index (χ1v) is 6.81. The predicted molar refractivity (Wildman–Crippen MR) is 78.5 cm³/mol. The number of imidazole rings is 1. The molecule has 0 N–H and O–H groups in total. The molecule has 1 aromatic carbocycles. The average molecular weight is 300 g/mol. The lowest BCUT2D eigenvalue weighted by Gasteiger charge is -2.07. The maximum absolute atomic E-state index is 12.8. The molecule has 0 saturated heterocycles. The monoisotopic (exact) mass is 300 g/mol. The van der Waals surface area contributed by atoms with Crippen LogP contribution in [0.5, 0.6) is 0 Å². The quantitative estimate of drug-likeness (QED) is 0.739. The highest BCUT2D eigenvalue weighted by molar-refractivity contribution is 5.63. The van der Waals surface area contributed by atoms with Gasteiger partial charge in [-0.05, 0) is 24.6 Å². The summed E-state index contributed by atoms with van der Waals surface area (Å²) in [5.41, 5.74) is 2.23. The molecule has 0 saturated carbocycles. The van der Waals surface area contributed by atoms with Crippen LogP contribution in [-0.4, -0.2) is 19.7 Å². The van der Waals surface area contributed by atoms with Gasteiger partial charge in [-0.25, -0.2) is 13.8 Å². The number of nitrogens with zero attached hydrogens (tertiary/aromatic N) is 4. The van der Waals surface area contributed by atoms with Crippen LogP contribution in [0.2, 0.25) is 0 Å². The van der Waals surface area contributed by atoms with Crippen LogP contribution in [0.4, 0.5) is 8.78 Å². The average Bonchev–Trinajstić information content (AvgIpc) is 2.93. The van der Waals surface area contributed by atoms with Crippen molar-refractivity contribution in [1.82, 2.24) is 19.7 Å². The van der Waals surface area contributed by atoms with Gasteiger partial charge in [0.1, 0.15) is 5.82 Å². The topological polar surface area (TPSA) is 43.6 Å². The molecule has 2 aromatic heterocycles. The molecule has 3 aromatic rings. The molecule has 0 spiro atoms. The Bertz CT molecular complexity index is 783. The second-order valence-electron chi connectivity index (χ2n) is 4.96. The first-order valence-electron chi connectivity index (χ1n) is 6.81. The molecule has 2 heterocycles. The SMILES string of the molecule is Cc1nccn1Cc1cc(-c2cccc(C(F)F)c2)cnn1. The Kier molecular flexibility index (Phi) is 3.91. The number of hydrogen-bond donors (Lipinski definition) is 0. The van der Waals surface area contributed by atoms with Gasteiger partial charge in [0.05, 0.1) is 18.4 Å². The molecule has 0 aliphatic heterocycles. The van der Waals surface area contributed by atoms with Crippen LogP contribution in [0, 0.1) is 6.92 Å². The molecule has 0 amide bonds. The van der Waals surface area contributed by atoms with E-state index in [9.17, 15) is 8.78 Å². The minimum atomic E-state index is -2.48. The van der Waals surface area contributed by atoms with Gasteiger partial charge in [0, 0.05) is 23.5 Å². The molecule has 4 nitrogen and oxygen atoms in total. The fraction of sp³-hybridized carbons (Fsp3) is 0.188. The Balaban J connectivity index is 1.91. The summed E-state index contributed by atoms with van der Waals surface area (Å²) >= 11 is 0. The summed E-state index contributed by atoms with van der Waals surface area (Å²) in [6.45, 7) is 2.45. The van der Waals surface area contributed by atoms with E-state index in [1.54, 1.807) is 24.5 Å². The van der Waals surface area contributed by atoms with Gasteiger partial charge in [-0.3, -0.25) is 0 Å². The molecule has 6 heteroatoms. The number of hydrogen-bond acceptors (Lipinski definition) is 3. The molecule has 0 radical (unpaired) electrons. The largest absolute Gasteiger partial charge is 0.329 e. The van der Waals surface area contributed by atoms with E-state index in [0.29, 0.717) is 12.1 Å². The first-order chi connectivity index (χ1) is 10.6. The molecular weight excluding hydrogens is 286 g/mol. The molecule has 3 rings (SSSR count). The highest BCUT2D eigenvalue weighted by Gasteiger charge is 2.09. The molecule has 0 aliphatic carbocycles. The van der Waals surface area contributed by atoms with Gasteiger partial charge in [0.15, 0.2) is 0 Å². The molecule has 0 unspecified atom stereocenters. The van der Waals surface area contributed by atoms with E-state index in [1.165, 1.54) is 12.1 Å². The molecular formula is C16H14F2N4. The van der Waals surface area contributed by atoms with Crippen molar-refractivity contribution in [3.05, 3.63) is 66.0 Å². The number of halogens is 2. The van der Waals surface area contributed by atoms with Gasteiger partial charge in [0.25, 0.3) is 6.43 Å². The van der Waals surface area contributed by atoms with E-state index >= 15 is 0 Å².